The minimum Gasteiger partial charge on any atom is -0.378 e. The Morgan fingerprint density at radius 1 is 1.21 bits per heavy atom. The number of benzene rings is 1. The van der Waals surface area contributed by atoms with Gasteiger partial charge in [-0.15, -0.1) is 0 Å². The first-order valence-corrected chi connectivity index (χ1v) is 11.2. The molecule has 1 fully saturated rings. The summed E-state index contributed by atoms with van der Waals surface area (Å²) in [4.78, 5) is 18.7. The fraction of sp³-hybridized carbons (Fsp3) is 0.500. The van der Waals surface area contributed by atoms with Crippen LogP contribution in [0.25, 0.3) is 0 Å². The van der Waals surface area contributed by atoms with Gasteiger partial charge in [-0.05, 0) is 37.5 Å². The first-order chi connectivity index (χ1) is 13.7. The fourth-order valence-corrected chi connectivity index (χ4v) is 4.88. The Bertz CT molecular complexity index is 939. The van der Waals surface area contributed by atoms with E-state index in [1.54, 1.807) is 18.5 Å². The zero-order valence-corrected chi connectivity index (χ0v) is 18.2. The van der Waals surface area contributed by atoms with E-state index in [1.165, 1.54) is 10.5 Å². The molecule has 1 aliphatic heterocycles. The molecule has 8 nitrogen and oxygen atoms in total. The standard InChI is InChI=1S/C20H29N5O3S/c1-15-22-19(14-24(15)4)29(27,28)25-11-9-17(10-12-25)20(26)21-13-16-5-7-18(8-6-16)23(2)3/h5-8,14,17H,9-13H2,1-4H3,(H,21,26). The monoisotopic (exact) mass is 419 g/mol. The summed E-state index contributed by atoms with van der Waals surface area (Å²) in [6.45, 7) is 2.89. The molecule has 1 saturated heterocycles. The number of aryl methyl sites for hydroxylation is 2. The molecule has 1 N–H and O–H groups in total. The van der Waals surface area contributed by atoms with Crippen molar-refractivity contribution in [3.8, 4) is 0 Å². The summed E-state index contributed by atoms with van der Waals surface area (Å²) in [5.74, 6) is 0.455. The maximum absolute atomic E-state index is 12.8. The Kier molecular flexibility index (Phi) is 6.28. The molecule has 2 aromatic rings. The number of amides is 1. The SMILES string of the molecule is Cc1nc(S(=O)(=O)N2CCC(C(=O)NCc3ccc(N(C)C)cc3)CC2)cn1C. The third-order valence-electron chi connectivity index (χ3n) is 5.43. The average Bonchev–Trinajstić information content (AvgIpc) is 3.06. The van der Waals surface area contributed by atoms with Crippen LogP contribution in [-0.4, -0.2) is 55.4 Å². The number of sulfonamides is 1. The summed E-state index contributed by atoms with van der Waals surface area (Å²) in [6, 6.07) is 8.04. The first kappa shape index (κ1) is 21.3. The van der Waals surface area contributed by atoms with Crippen molar-refractivity contribution >= 4 is 21.6 Å². The van der Waals surface area contributed by atoms with Gasteiger partial charge in [0.05, 0.1) is 0 Å². The molecule has 3 rings (SSSR count). The zero-order valence-electron chi connectivity index (χ0n) is 17.4. The molecule has 0 saturated carbocycles. The number of imidazole rings is 1. The van der Waals surface area contributed by atoms with Gasteiger partial charge in [0, 0.05) is 58.6 Å². The van der Waals surface area contributed by atoms with Crippen molar-refractivity contribution in [3.05, 3.63) is 41.9 Å². The summed E-state index contributed by atoms with van der Waals surface area (Å²) in [5, 5.41) is 3.05. The van der Waals surface area contributed by atoms with Crippen LogP contribution in [0.1, 0.15) is 24.2 Å². The molecule has 1 aromatic carbocycles. The Hall–Kier alpha value is -2.39. The van der Waals surface area contributed by atoms with Crippen molar-refractivity contribution < 1.29 is 13.2 Å². The second kappa shape index (κ2) is 8.54. The van der Waals surface area contributed by atoms with Gasteiger partial charge in [0.25, 0.3) is 10.0 Å². The third kappa shape index (κ3) is 4.79. The van der Waals surface area contributed by atoms with E-state index in [9.17, 15) is 13.2 Å². The largest absolute Gasteiger partial charge is 0.378 e. The van der Waals surface area contributed by atoms with Gasteiger partial charge in [-0.25, -0.2) is 13.4 Å². The van der Waals surface area contributed by atoms with Crippen molar-refractivity contribution in [1.29, 1.82) is 0 Å². The van der Waals surface area contributed by atoms with E-state index in [2.05, 4.69) is 10.3 Å². The molecule has 1 aromatic heterocycles. The summed E-state index contributed by atoms with van der Waals surface area (Å²) in [6.07, 6.45) is 2.55. The van der Waals surface area contributed by atoms with Crippen molar-refractivity contribution in [3.63, 3.8) is 0 Å². The van der Waals surface area contributed by atoms with Crippen molar-refractivity contribution in [2.75, 3.05) is 32.1 Å². The molecule has 0 radical (unpaired) electrons. The summed E-state index contributed by atoms with van der Waals surface area (Å²) >= 11 is 0. The second-order valence-electron chi connectivity index (χ2n) is 7.69. The van der Waals surface area contributed by atoms with Gasteiger partial charge >= 0.3 is 0 Å². The predicted octanol–water partition coefficient (Wildman–Crippen LogP) is 1.51. The Morgan fingerprint density at radius 3 is 2.34 bits per heavy atom. The van der Waals surface area contributed by atoms with Crippen LogP contribution in [-0.2, 0) is 28.4 Å². The maximum atomic E-state index is 12.8. The number of rotatable bonds is 6. The highest BCUT2D eigenvalue weighted by atomic mass is 32.2. The summed E-state index contributed by atoms with van der Waals surface area (Å²) < 4.78 is 28.6. The van der Waals surface area contributed by atoms with E-state index in [4.69, 9.17) is 0 Å². The first-order valence-electron chi connectivity index (χ1n) is 9.72. The number of nitrogens with one attached hydrogen (secondary N) is 1. The molecule has 1 aliphatic rings. The Morgan fingerprint density at radius 2 is 1.83 bits per heavy atom. The Balaban J connectivity index is 1.52. The molecule has 0 bridgehead atoms. The van der Waals surface area contributed by atoms with Crippen LogP contribution in [0, 0.1) is 12.8 Å². The number of carbonyl (C=O) groups excluding carboxylic acids is 1. The number of anilines is 1. The lowest BCUT2D eigenvalue weighted by Crippen LogP contribution is -2.43. The van der Waals surface area contributed by atoms with E-state index < -0.39 is 10.0 Å². The van der Waals surface area contributed by atoms with Crippen molar-refractivity contribution in [2.24, 2.45) is 13.0 Å². The smallest absolute Gasteiger partial charge is 0.262 e. The van der Waals surface area contributed by atoms with Gasteiger partial charge in [-0.2, -0.15) is 4.31 Å². The highest BCUT2D eigenvalue weighted by molar-refractivity contribution is 7.89. The quantitative estimate of drug-likeness (QED) is 0.767. The van der Waals surface area contributed by atoms with Crippen molar-refractivity contribution in [2.45, 2.75) is 31.3 Å². The topological polar surface area (TPSA) is 87.5 Å². The highest BCUT2D eigenvalue weighted by Crippen LogP contribution is 2.23. The molecule has 0 atom stereocenters. The molecule has 0 aliphatic carbocycles. The van der Waals surface area contributed by atoms with Crippen LogP contribution in [0.3, 0.4) is 0 Å². The van der Waals surface area contributed by atoms with Gasteiger partial charge in [0.2, 0.25) is 5.91 Å². The number of hydrogen-bond acceptors (Lipinski definition) is 5. The predicted molar refractivity (Wildman–Crippen MR) is 112 cm³/mol. The van der Waals surface area contributed by atoms with E-state index in [0.717, 1.165) is 11.3 Å². The molecule has 2 heterocycles. The lowest BCUT2D eigenvalue weighted by molar-refractivity contribution is -0.126. The van der Waals surface area contributed by atoms with Crippen LogP contribution in [0.5, 0.6) is 0 Å². The van der Waals surface area contributed by atoms with Crippen LogP contribution in [0.2, 0.25) is 0 Å². The van der Waals surface area contributed by atoms with Crippen LogP contribution >= 0.6 is 0 Å². The number of hydrogen-bond donors (Lipinski definition) is 1. The molecule has 1 amide bonds. The van der Waals surface area contributed by atoms with E-state index in [1.807, 2.05) is 43.3 Å². The molecule has 0 unspecified atom stereocenters. The van der Waals surface area contributed by atoms with Crippen LogP contribution in [0.4, 0.5) is 5.69 Å². The van der Waals surface area contributed by atoms with E-state index >= 15 is 0 Å². The zero-order chi connectivity index (χ0) is 21.2. The minimum atomic E-state index is -3.61. The van der Waals surface area contributed by atoms with Crippen molar-refractivity contribution in [1.82, 2.24) is 19.2 Å². The van der Waals surface area contributed by atoms with Gasteiger partial charge < -0.3 is 14.8 Å². The van der Waals surface area contributed by atoms with Gasteiger partial charge in [0.15, 0.2) is 5.03 Å². The number of carbonyl (C=O) groups is 1. The van der Waals surface area contributed by atoms with E-state index in [0.29, 0.717) is 38.3 Å². The van der Waals surface area contributed by atoms with Crippen LogP contribution < -0.4 is 10.2 Å². The second-order valence-corrected chi connectivity index (χ2v) is 9.58. The fourth-order valence-electron chi connectivity index (χ4n) is 3.39. The molecule has 9 heteroatoms. The van der Waals surface area contributed by atoms with Crippen LogP contribution in [0.15, 0.2) is 35.5 Å². The lowest BCUT2D eigenvalue weighted by Gasteiger charge is -2.30. The normalized spacial score (nSPS) is 16.0. The van der Waals surface area contributed by atoms with Gasteiger partial charge in [0.1, 0.15) is 5.82 Å². The molecular formula is C20H29N5O3S. The lowest BCUT2D eigenvalue weighted by atomic mass is 9.97. The number of aromatic nitrogens is 2. The van der Waals surface area contributed by atoms with Gasteiger partial charge in [-0.1, -0.05) is 12.1 Å². The number of piperidine rings is 1. The highest BCUT2D eigenvalue weighted by Gasteiger charge is 2.33. The molecule has 0 spiro atoms. The third-order valence-corrected chi connectivity index (χ3v) is 7.21. The summed E-state index contributed by atoms with van der Waals surface area (Å²) in [7, 11) is 2.13. The average molecular weight is 420 g/mol. The van der Waals surface area contributed by atoms with E-state index in [-0.39, 0.29) is 16.9 Å². The maximum Gasteiger partial charge on any atom is 0.262 e. The molecule has 29 heavy (non-hydrogen) atoms. The molecule has 158 valence electrons. The summed E-state index contributed by atoms with van der Waals surface area (Å²) in [5.41, 5.74) is 2.14. The number of nitrogens with zero attached hydrogens (tertiary/aromatic N) is 4. The Labute approximate surface area is 172 Å². The molecular weight excluding hydrogens is 390 g/mol. The van der Waals surface area contributed by atoms with Gasteiger partial charge in [-0.3, -0.25) is 4.79 Å². The minimum absolute atomic E-state index is 0.0209.